The topological polar surface area (TPSA) is 46.6 Å². The number of anilines is 1. The Labute approximate surface area is 131 Å². The first kappa shape index (κ1) is 14.9. The lowest BCUT2D eigenvalue weighted by molar-refractivity contribution is 0.414. The van der Waals surface area contributed by atoms with Gasteiger partial charge in [0, 0.05) is 6.54 Å². The third-order valence-electron chi connectivity index (χ3n) is 3.97. The zero-order valence-corrected chi connectivity index (χ0v) is 13.3. The van der Waals surface area contributed by atoms with Gasteiger partial charge in [0.1, 0.15) is 5.75 Å². The van der Waals surface area contributed by atoms with Crippen molar-refractivity contribution < 1.29 is 13.2 Å². The van der Waals surface area contributed by atoms with Crippen molar-refractivity contribution >= 4 is 15.7 Å². The molecule has 0 atom stereocenters. The van der Waals surface area contributed by atoms with Gasteiger partial charge >= 0.3 is 0 Å². The van der Waals surface area contributed by atoms with Crippen molar-refractivity contribution in [2.75, 3.05) is 23.7 Å². The molecule has 0 radical (unpaired) electrons. The first-order valence-electron chi connectivity index (χ1n) is 7.31. The number of benzene rings is 2. The number of methoxy groups -OCH3 is 1. The lowest BCUT2D eigenvalue weighted by Crippen LogP contribution is -2.32. The summed E-state index contributed by atoms with van der Waals surface area (Å²) in [5, 5.41) is 0. The van der Waals surface area contributed by atoms with E-state index in [2.05, 4.69) is 0 Å². The molecule has 0 fully saturated rings. The Morgan fingerprint density at radius 2 is 1.91 bits per heavy atom. The van der Waals surface area contributed by atoms with Crippen LogP contribution in [-0.4, -0.2) is 27.8 Å². The van der Waals surface area contributed by atoms with Gasteiger partial charge in [-0.05, 0) is 42.2 Å². The molecule has 0 saturated heterocycles. The van der Waals surface area contributed by atoms with Gasteiger partial charge in [0.25, 0.3) is 0 Å². The Morgan fingerprint density at radius 3 is 2.64 bits per heavy atom. The van der Waals surface area contributed by atoms with Crippen molar-refractivity contribution in [1.82, 2.24) is 0 Å². The quantitative estimate of drug-likeness (QED) is 0.851. The van der Waals surface area contributed by atoms with Crippen molar-refractivity contribution in [3.8, 4) is 5.75 Å². The molecule has 0 saturated carbocycles. The highest BCUT2D eigenvalue weighted by Crippen LogP contribution is 2.33. The van der Waals surface area contributed by atoms with Crippen LogP contribution in [0.5, 0.6) is 5.75 Å². The van der Waals surface area contributed by atoms with E-state index >= 15 is 0 Å². The van der Waals surface area contributed by atoms with Crippen LogP contribution in [0.4, 0.5) is 5.69 Å². The summed E-state index contributed by atoms with van der Waals surface area (Å²) in [5.74, 6) is 0.893. The van der Waals surface area contributed by atoms with Crippen molar-refractivity contribution in [1.29, 1.82) is 0 Å². The Morgan fingerprint density at radius 1 is 1.14 bits per heavy atom. The second kappa shape index (κ2) is 6.01. The van der Waals surface area contributed by atoms with Gasteiger partial charge in [-0.3, -0.25) is 4.31 Å². The fourth-order valence-electron chi connectivity index (χ4n) is 2.77. The van der Waals surface area contributed by atoms with E-state index < -0.39 is 10.0 Å². The van der Waals surface area contributed by atoms with E-state index in [9.17, 15) is 8.42 Å². The highest BCUT2D eigenvalue weighted by Gasteiger charge is 2.29. The van der Waals surface area contributed by atoms with E-state index in [0.29, 0.717) is 13.0 Å². The van der Waals surface area contributed by atoms with Gasteiger partial charge in [-0.25, -0.2) is 8.42 Å². The summed E-state index contributed by atoms with van der Waals surface area (Å²) >= 11 is 0. The molecule has 1 aliphatic rings. The number of ether oxygens (including phenoxy) is 1. The second-order valence-electron chi connectivity index (χ2n) is 5.37. The summed E-state index contributed by atoms with van der Waals surface area (Å²) in [6.45, 7) is 0.514. The highest BCUT2D eigenvalue weighted by atomic mass is 32.2. The van der Waals surface area contributed by atoms with Gasteiger partial charge in [0.05, 0.1) is 18.6 Å². The zero-order chi connectivity index (χ0) is 15.6. The first-order chi connectivity index (χ1) is 10.6. The SMILES string of the molecule is COc1ccc2c(c1)CCN2S(=O)(=O)CCc1ccccc1. The predicted molar refractivity (Wildman–Crippen MR) is 88.0 cm³/mol. The number of fused-ring (bicyclic) bond motifs is 1. The molecule has 5 heteroatoms. The largest absolute Gasteiger partial charge is 0.497 e. The zero-order valence-electron chi connectivity index (χ0n) is 12.5. The number of hydrogen-bond acceptors (Lipinski definition) is 3. The van der Waals surface area contributed by atoms with Crippen molar-refractivity contribution in [3.63, 3.8) is 0 Å². The summed E-state index contributed by atoms with van der Waals surface area (Å²) in [4.78, 5) is 0. The third-order valence-corrected chi connectivity index (χ3v) is 5.74. The molecular weight excluding hydrogens is 298 g/mol. The van der Waals surface area contributed by atoms with Crippen LogP contribution in [-0.2, 0) is 22.9 Å². The van der Waals surface area contributed by atoms with E-state index in [1.165, 1.54) is 4.31 Å². The van der Waals surface area contributed by atoms with Crippen LogP contribution in [0.2, 0.25) is 0 Å². The molecule has 2 aromatic carbocycles. The van der Waals surface area contributed by atoms with E-state index in [1.54, 1.807) is 7.11 Å². The molecule has 4 nitrogen and oxygen atoms in total. The van der Waals surface area contributed by atoms with Crippen molar-refractivity contribution in [2.24, 2.45) is 0 Å². The number of sulfonamides is 1. The minimum absolute atomic E-state index is 0.127. The Bertz CT molecular complexity index is 757. The summed E-state index contributed by atoms with van der Waals surface area (Å²) in [6, 6.07) is 15.3. The molecule has 1 heterocycles. The van der Waals surface area contributed by atoms with Gasteiger partial charge in [0.2, 0.25) is 10.0 Å². The fourth-order valence-corrected chi connectivity index (χ4v) is 4.33. The van der Waals surface area contributed by atoms with Crippen LogP contribution in [0.3, 0.4) is 0 Å². The normalized spacial score (nSPS) is 14.0. The minimum atomic E-state index is -3.30. The average Bonchev–Trinajstić information content (AvgIpc) is 2.98. The fraction of sp³-hybridized carbons (Fsp3) is 0.294. The highest BCUT2D eigenvalue weighted by molar-refractivity contribution is 7.92. The molecule has 0 aliphatic carbocycles. The maximum absolute atomic E-state index is 12.6. The summed E-state index contributed by atoms with van der Waals surface area (Å²) < 4.78 is 32.0. The van der Waals surface area contributed by atoms with Gasteiger partial charge in [-0.1, -0.05) is 30.3 Å². The molecule has 1 aliphatic heterocycles. The minimum Gasteiger partial charge on any atom is -0.497 e. The molecule has 0 spiro atoms. The molecule has 3 rings (SSSR count). The van der Waals surface area contributed by atoms with E-state index in [-0.39, 0.29) is 5.75 Å². The van der Waals surface area contributed by atoms with Crippen LogP contribution >= 0.6 is 0 Å². The van der Waals surface area contributed by atoms with Gasteiger partial charge in [-0.15, -0.1) is 0 Å². The molecule has 0 aromatic heterocycles. The van der Waals surface area contributed by atoms with Crippen LogP contribution < -0.4 is 9.04 Å². The van der Waals surface area contributed by atoms with E-state index in [4.69, 9.17) is 4.74 Å². The van der Waals surface area contributed by atoms with Crippen molar-refractivity contribution in [2.45, 2.75) is 12.8 Å². The lowest BCUT2D eigenvalue weighted by atomic mass is 10.1. The number of rotatable bonds is 5. The first-order valence-corrected chi connectivity index (χ1v) is 8.92. The molecule has 0 amide bonds. The predicted octanol–water partition coefficient (Wildman–Crippen LogP) is 2.63. The van der Waals surface area contributed by atoms with Crippen LogP contribution in [0.15, 0.2) is 48.5 Å². The molecule has 116 valence electrons. The van der Waals surface area contributed by atoms with Crippen LogP contribution in [0, 0.1) is 0 Å². The third kappa shape index (κ3) is 2.95. The maximum atomic E-state index is 12.6. The standard InChI is InChI=1S/C17H19NO3S/c1-21-16-7-8-17-15(13-16)9-11-18(17)22(19,20)12-10-14-5-3-2-4-6-14/h2-8,13H,9-12H2,1H3. The Hall–Kier alpha value is -2.01. The summed E-state index contributed by atoms with van der Waals surface area (Å²) in [6.07, 6.45) is 1.27. The van der Waals surface area contributed by atoms with Gasteiger partial charge in [-0.2, -0.15) is 0 Å². The van der Waals surface area contributed by atoms with E-state index in [0.717, 1.165) is 29.0 Å². The second-order valence-corrected chi connectivity index (χ2v) is 7.38. The molecule has 0 N–H and O–H groups in total. The van der Waals surface area contributed by atoms with Crippen LogP contribution in [0.25, 0.3) is 0 Å². The molecule has 0 unspecified atom stereocenters. The van der Waals surface area contributed by atoms with Crippen LogP contribution in [0.1, 0.15) is 11.1 Å². The Balaban J connectivity index is 1.77. The maximum Gasteiger partial charge on any atom is 0.235 e. The number of nitrogens with zero attached hydrogens (tertiary/aromatic N) is 1. The van der Waals surface area contributed by atoms with Gasteiger partial charge in [0.15, 0.2) is 0 Å². The summed E-state index contributed by atoms with van der Waals surface area (Å²) in [5.41, 5.74) is 2.86. The molecule has 0 bridgehead atoms. The lowest BCUT2D eigenvalue weighted by Gasteiger charge is -2.19. The molecular formula is C17H19NO3S. The average molecular weight is 317 g/mol. The Kier molecular flexibility index (Phi) is 4.07. The molecule has 22 heavy (non-hydrogen) atoms. The van der Waals surface area contributed by atoms with E-state index in [1.807, 2.05) is 48.5 Å². The monoisotopic (exact) mass is 317 g/mol. The number of hydrogen-bond donors (Lipinski definition) is 0. The van der Waals surface area contributed by atoms with Crippen molar-refractivity contribution in [3.05, 3.63) is 59.7 Å². The number of aryl methyl sites for hydroxylation is 1. The smallest absolute Gasteiger partial charge is 0.235 e. The van der Waals surface area contributed by atoms with Gasteiger partial charge < -0.3 is 4.74 Å². The summed E-state index contributed by atoms with van der Waals surface area (Å²) in [7, 11) is -1.68. The molecule has 2 aromatic rings.